The second kappa shape index (κ2) is 9.14. The smallest absolute Gasteiger partial charge is 0.264 e. The Morgan fingerprint density at radius 3 is 2.49 bits per heavy atom. The Kier molecular flexibility index (Phi) is 5.78. The fourth-order valence-corrected chi connectivity index (χ4v) is 7.06. The van der Waals surface area contributed by atoms with Gasteiger partial charge in [0, 0.05) is 22.5 Å². The lowest BCUT2D eigenvalue weighted by molar-refractivity contribution is 0.102. The highest BCUT2D eigenvalue weighted by molar-refractivity contribution is 7.92. The van der Waals surface area contributed by atoms with Crippen LogP contribution in [0.2, 0.25) is 0 Å². The van der Waals surface area contributed by atoms with Crippen molar-refractivity contribution >= 4 is 48.9 Å². The van der Waals surface area contributed by atoms with Gasteiger partial charge in [-0.05, 0) is 66.1 Å². The molecule has 1 amide bonds. The molecule has 37 heavy (non-hydrogen) atoms. The van der Waals surface area contributed by atoms with Gasteiger partial charge in [0.1, 0.15) is 0 Å². The number of hydrogen-bond acceptors (Lipinski definition) is 5. The van der Waals surface area contributed by atoms with Crippen molar-refractivity contribution in [2.24, 2.45) is 0 Å². The summed E-state index contributed by atoms with van der Waals surface area (Å²) < 4.78 is 27.8. The third-order valence-corrected chi connectivity index (χ3v) is 9.28. The van der Waals surface area contributed by atoms with Crippen LogP contribution in [-0.2, 0) is 16.4 Å². The Bertz CT molecular complexity index is 1760. The highest BCUT2D eigenvalue weighted by atomic mass is 32.2. The predicted molar refractivity (Wildman–Crippen MR) is 149 cm³/mol. The minimum Gasteiger partial charge on any atom is -0.298 e. The minimum atomic E-state index is -3.62. The number of anilines is 2. The van der Waals surface area contributed by atoms with Gasteiger partial charge >= 0.3 is 0 Å². The molecule has 4 aromatic carbocycles. The number of aromatic nitrogens is 1. The van der Waals surface area contributed by atoms with Crippen LogP contribution in [0.25, 0.3) is 22.0 Å². The number of thiazole rings is 1. The van der Waals surface area contributed by atoms with Gasteiger partial charge in [-0.25, -0.2) is 13.4 Å². The maximum atomic E-state index is 13.2. The summed E-state index contributed by atoms with van der Waals surface area (Å²) in [6, 6.07) is 27.8. The van der Waals surface area contributed by atoms with Gasteiger partial charge in [-0.2, -0.15) is 0 Å². The average Bonchev–Trinajstić information content (AvgIpc) is 3.51. The summed E-state index contributed by atoms with van der Waals surface area (Å²) >= 11 is 1.42. The molecule has 0 saturated carbocycles. The molecular weight excluding hydrogens is 502 g/mol. The summed E-state index contributed by atoms with van der Waals surface area (Å²) in [5.41, 5.74) is 3.92. The van der Waals surface area contributed by atoms with Crippen LogP contribution in [0.15, 0.2) is 95.9 Å². The Morgan fingerprint density at radius 1 is 0.919 bits per heavy atom. The van der Waals surface area contributed by atoms with E-state index in [1.165, 1.54) is 15.6 Å². The van der Waals surface area contributed by atoms with Crippen molar-refractivity contribution in [3.05, 3.63) is 107 Å². The molecule has 0 fully saturated rings. The molecule has 2 heterocycles. The number of benzene rings is 4. The van der Waals surface area contributed by atoms with Gasteiger partial charge in [-0.3, -0.25) is 14.4 Å². The zero-order valence-electron chi connectivity index (χ0n) is 20.0. The fraction of sp³-hybridized carbons (Fsp3) is 0.103. The molecule has 1 aliphatic heterocycles. The maximum absolute atomic E-state index is 13.2. The van der Waals surface area contributed by atoms with Crippen molar-refractivity contribution in [1.29, 1.82) is 0 Å². The van der Waals surface area contributed by atoms with Crippen LogP contribution in [0.4, 0.5) is 10.8 Å². The van der Waals surface area contributed by atoms with E-state index in [2.05, 4.69) is 5.32 Å². The molecule has 0 atom stereocenters. The first-order chi connectivity index (χ1) is 17.9. The molecule has 0 aliphatic carbocycles. The fourth-order valence-electron chi connectivity index (χ4n) is 4.71. The van der Waals surface area contributed by atoms with Gasteiger partial charge in [-0.15, -0.1) is 11.3 Å². The first kappa shape index (κ1) is 23.4. The molecule has 1 aromatic heterocycles. The Labute approximate surface area is 219 Å². The zero-order valence-corrected chi connectivity index (χ0v) is 21.6. The molecule has 5 aromatic rings. The number of aryl methyl sites for hydroxylation is 1. The summed E-state index contributed by atoms with van der Waals surface area (Å²) in [5, 5.41) is 5.55. The second-order valence-electron chi connectivity index (χ2n) is 8.92. The molecule has 0 spiro atoms. The van der Waals surface area contributed by atoms with Gasteiger partial charge in [0.2, 0.25) is 0 Å². The Morgan fingerprint density at radius 2 is 1.68 bits per heavy atom. The predicted octanol–water partition coefficient (Wildman–Crippen LogP) is 6.28. The van der Waals surface area contributed by atoms with Gasteiger partial charge in [0.25, 0.3) is 15.9 Å². The van der Waals surface area contributed by atoms with Crippen LogP contribution in [0.5, 0.6) is 0 Å². The number of fused-ring (bicyclic) bond motifs is 2. The van der Waals surface area contributed by atoms with Crippen molar-refractivity contribution in [2.45, 2.75) is 18.2 Å². The van der Waals surface area contributed by atoms with E-state index in [1.807, 2.05) is 67.6 Å². The third kappa shape index (κ3) is 4.28. The van der Waals surface area contributed by atoms with E-state index >= 15 is 0 Å². The van der Waals surface area contributed by atoms with Crippen molar-refractivity contribution in [3.8, 4) is 11.3 Å². The largest absolute Gasteiger partial charge is 0.298 e. The lowest BCUT2D eigenvalue weighted by atomic mass is 10.1. The molecule has 8 heteroatoms. The van der Waals surface area contributed by atoms with Gasteiger partial charge in [0.05, 0.1) is 16.3 Å². The van der Waals surface area contributed by atoms with Crippen LogP contribution < -0.4 is 9.62 Å². The van der Waals surface area contributed by atoms with E-state index in [0.29, 0.717) is 29.3 Å². The number of carbonyl (C=O) groups excluding carboxylic acids is 1. The number of amides is 1. The first-order valence-electron chi connectivity index (χ1n) is 11.9. The standard InChI is InChI=1S/C29H23N3O3S2/c1-19-27(30-29(36-19)31-28(33)24-12-11-20-7-5-6-8-21(20)17-24)23-13-14-26-22(18-23)15-16-32(26)37(34,35)25-9-3-2-4-10-25/h2-14,17-18H,15-16H2,1H3,(H,30,31,33). The molecule has 0 bridgehead atoms. The number of hydrogen-bond donors (Lipinski definition) is 1. The topological polar surface area (TPSA) is 79.4 Å². The number of carbonyl (C=O) groups is 1. The summed E-state index contributed by atoms with van der Waals surface area (Å²) in [5.74, 6) is -0.207. The number of rotatable bonds is 5. The molecule has 1 aliphatic rings. The van der Waals surface area contributed by atoms with E-state index in [0.717, 1.165) is 32.5 Å². The van der Waals surface area contributed by atoms with Crippen molar-refractivity contribution in [2.75, 3.05) is 16.2 Å². The SMILES string of the molecule is Cc1sc(NC(=O)c2ccc3ccccc3c2)nc1-c1ccc2c(c1)CCN2S(=O)(=O)c1ccccc1. The molecule has 0 saturated heterocycles. The first-order valence-corrected chi connectivity index (χ1v) is 14.1. The van der Waals surface area contributed by atoms with E-state index in [-0.39, 0.29) is 10.8 Å². The van der Waals surface area contributed by atoms with E-state index < -0.39 is 10.0 Å². The Hall–Kier alpha value is -4.01. The second-order valence-corrected chi connectivity index (χ2v) is 12.0. The summed E-state index contributed by atoms with van der Waals surface area (Å²) in [6.45, 7) is 2.37. The maximum Gasteiger partial charge on any atom is 0.264 e. The zero-order chi connectivity index (χ0) is 25.6. The van der Waals surface area contributed by atoms with Gasteiger partial charge in [-0.1, -0.05) is 54.6 Å². The molecule has 0 radical (unpaired) electrons. The highest BCUT2D eigenvalue weighted by Gasteiger charge is 2.31. The molecular formula is C29H23N3O3S2. The van der Waals surface area contributed by atoms with Crippen LogP contribution in [-0.4, -0.2) is 25.9 Å². The highest BCUT2D eigenvalue weighted by Crippen LogP contribution is 2.38. The quantitative estimate of drug-likeness (QED) is 0.293. The van der Waals surface area contributed by atoms with E-state index in [1.54, 1.807) is 30.3 Å². The molecule has 0 unspecified atom stereocenters. The number of nitrogens with zero attached hydrogens (tertiary/aromatic N) is 2. The van der Waals surface area contributed by atoms with Crippen molar-refractivity contribution in [3.63, 3.8) is 0 Å². The molecule has 6 nitrogen and oxygen atoms in total. The average molecular weight is 526 g/mol. The van der Waals surface area contributed by atoms with E-state index in [9.17, 15) is 13.2 Å². The van der Waals surface area contributed by atoms with Gasteiger partial charge < -0.3 is 0 Å². The lowest BCUT2D eigenvalue weighted by Gasteiger charge is -2.19. The van der Waals surface area contributed by atoms with Gasteiger partial charge in [0.15, 0.2) is 5.13 Å². The van der Waals surface area contributed by atoms with E-state index in [4.69, 9.17) is 4.98 Å². The van der Waals surface area contributed by atoms with Crippen LogP contribution in [0.1, 0.15) is 20.8 Å². The molecule has 184 valence electrons. The normalized spacial score (nSPS) is 13.1. The molecule has 1 N–H and O–H groups in total. The summed E-state index contributed by atoms with van der Waals surface area (Å²) in [4.78, 5) is 18.9. The van der Waals surface area contributed by atoms with Crippen LogP contribution in [0, 0.1) is 6.92 Å². The summed E-state index contributed by atoms with van der Waals surface area (Å²) in [6.07, 6.45) is 0.629. The Balaban J connectivity index is 1.25. The van der Waals surface area contributed by atoms with Crippen molar-refractivity contribution in [1.82, 2.24) is 4.98 Å². The van der Waals surface area contributed by atoms with Crippen LogP contribution >= 0.6 is 11.3 Å². The van der Waals surface area contributed by atoms with Crippen molar-refractivity contribution < 1.29 is 13.2 Å². The summed E-state index contributed by atoms with van der Waals surface area (Å²) in [7, 11) is -3.62. The monoisotopic (exact) mass is 525 g/mol. The third-order valence-electron chi connectivity index (χ3n) is 6.57. The minimum absolute atomic E-state index is 0.207. The van der Waals surface area contributed by atoms with Crippen LogP contribution in [0.3, 0.4) is 0 Å². The molecule has 6 rings (SSSR count). The lowest BCUT2D eigenvalue weighted by Crippen LogP contribution is -2.29. The number of nitrogens with one attached hydrogen (secondary N) is 1. The number of sulfonamides is 1.